The predicted molar refractivity (Wildman–Crippen MR) is 62.7 cm³/mol. The lowest BCUT2D eigenvalue weighted by Crippen LogP contribution is -2.17. The summed E-state index contributed by atoms with van der Waals surface area (Å²) in [5.41, 5.74) is 0.0781. The number of anilines is 1. The maximum Gasteiger partial charge on any atom is 0.335 e. The van der Waals surface area contributed by atoms with Crippen LogP contribution in [0.4, 0.5) is 5.82 Å². The number of terminal acetylenes is 1. The maximum absolute atomic E-state index is 10.8. The topological polar surface area (TPSA) is 62.2 Å². The Labute approximate surface area is 98.6 Å². The van der Waals surface area contributed by atoms with E-state index in [2.05, 4.69) is 16.2 Å². The van der Waals surface area contributed by atoms with Crippen molar-refractivity contribution in [3.8, 4) is 12.3 Å². The summed E-state index contributed by atoms with van der Waals surface area (Å²) >= 11 is 5.70. The molecule has 0 aromatic carbocycles. The lowest BCUT2D eigenvalue weighted by atomic mass is 10.2. The molecule has 0 bridgehead atoms. The Kier molecular flexibility index (Phi) is 4.15. The first-order chi connectivity index (χ1) is 7.56. The molecule has 1 atom stereocenters. The number of carbonyl (C=O) groups is 1. The highest BCUT2D eigenvalue weighted by atomic mass is 35.5. The van der Waals surface area contributed by atoms with E-state index in [0.29, 0.717) is 12.2 Å². The number of aromatic nitrogens is 1. The first-order valence-corrected chi connectivity index (χ1v) is 5.08. The lowest BCUT2D eigenvalue weighted by Gasteiger charge is -2.11. The molecule has 0 radical (unpaired) electrons. The largest absolute Gasteiger partial charge is 0.478 e. The molecule has 0 amide bonds. The number of hydrogen-bond donors (Lipinski definition) is 2. The Morgan fingerprint density at radius 2 is 2.44 bits per heavy atom. The molecule has 1 unspecified atom stereocenters. The Morgan fingerprint density at radius 3 is 2.94 bits per heavy atom. The molecule has 2 N–H and O–H groups in total. The van der Waals surface area contributed by atoms with Gasteiger partial charge in [0.25, 0.3) is 0 Å². The quantitative estimate of drug-likeness (QED) is 0.624. The molecule has 1 aromatic rings. The summed E-state index contributed by atoms with van der Waals surface area (Å²) in [5, 5.41) is 11.9. The summed E-state index contributed by atoms with van der Waals surface area (Å²) in [6.07, 6.45) is 5.99. The normalized spacial score (nSPS) is 11.6. The third-order valence-corrected chi connectivity index (χ3v) is 2.17. The summed E-state index contributed by atoms with van der Waals surface area (Å²) < 4.78 is 0. The zero-order valence-electron chi connectivity index (χ0n) is 8.70. The Balaban J connectivity index is 2.97. The number of aromatic carboxylic acids is 1. The minimum Gasteiger partial charge on any atom is -0.478 e. The predicted octanol–water partition coefficient (Wildman–Crippen LogP) is 2.26. The number of carboxylic acid groups (broad SMARTS) is 1. The van der Waals surface area contributed by atoms with Gasteiger partial charge in [-0.1, -0.05) is 24.4 Å². The number of hydrogen-bond acceptors (Lipinski definition) is 3. The molecule has 0 spiro atoms. The van der Waals surface area contributed by atoms with Gasteiger partial charge < -0.3 is 10.4 Å². The molecule has 1 rings (SSSR count). The van der Waals surface area contributed by atoms with Crippen molar-refractivity contribution < 1.29 is 9.90 Å². The fourth-order valence-electron chi connectivity index (χ4n) is 1.13. The van der Waals surface area contributed by atoms with E-state index in [1.165, 1.54) is 12.1 Å². The first-order valence-electron chi connectivity index (χ1n) is 4.70. The highest BCUT2D eigenvalue weighted by Crippen LogP contribution is 2.15. The van der Waals surface area contributed by atoms with Crippen LogP contribution in [0, 0.1) is 12.3 Å². The van der Waals surface area contributed by atoms with Crippen molar-refractivity contribution in [3.05, 3.63) is 22.8 Å². The van der Waals surface area contributed by atoms with Crippen molar-refractivity contribution >= 4 is 23.4 Å². The maximum atomic E-state index is 10.8. The molecule has 0 saturated heterocycles. The second kappa shape index (κ2) is 5.38. The van der Waals surface area contributed by atoms with Crippen molar-refractivity contribution in [2.24, 2.45) is 0 Å². The van der Waals surface area contributed by atoms with Gasteiger partial charge >= 0.3 is 5.97 Å². The van der Waals surface area contributed by atoms with Gasteiger partial charge in [-0.2, -0.15) is 0 Å². The zero-order chi connectivity index (χ0) is 12.1. The SMILES string of the molecule is C#CC(CC)Nc1cc(C(=O)O)cc(Cl)n1. The van der Waals surface area contributed by atoms with Gasteiger partial charge in [-0.15, -0.1) is 6.42 Å². The Bertz CT molecular complexity index is 440. The molecular formula is C11H11ClN2O2. The van der Waals surface area contributed by atoms with Gasteiger partial charge in [-0.3, -0.25) is 0 Å². The van der Waals surface area contributed by atoms with E-state index in [9.17, 15) is 4.79 Å². The lowest BCUT2D eigenvalue weighted by molar-refractivity contribution is 0.0697. The fraction of sp³-hybridized carbons (Fsp3) is 0.273. The van der Waals surface area contributed by atoms with Crippen LogP contribution in [0.5, 0.6) is 0 Å². The molecule has 0 aliphatic heterocycles. The molecule has 0 aliphatic rings. The van der Waals surface area contributed by atoms with Gasteiger partial charge in [0.1, 0.15) is 11.0 Å². The van der Waals surface area contributed by atoms with Crippen molar-refractivity contribution in [3.63, 3.8) is 0 Å². The van der Waals surface area contributed by atoms with Gasteiger partial charge in [0.05, 0.1) is 11.6 Å². The average Bonchev–Trinajstić information content (AvgIpc) is 2.25. The smallest absolute Gasteiger partial charge is 0.335 e. The van der Waals surface area contributed by atoms with Gasteiger partial charge in [-0.25, -0.2) is 9.78 Å². The van der Waals surface area contributed by atoms with Crippen molar-refractivity contribution in [2.75, 3.05) is 5.32 Å². The summed E-state index contributed by atoms with van der Waals surface area (Å²) in [6, 6.07) is 2.49. The van der Waals surface area contributed by atoms with E-state index in [1.807, 2.05) is 6.92 Å². The van der Waals surface area contributed by atoms with Gasteiger partial charge in [0, 0.05) is 0 Å². The highest BCUT2D eigenvalue weighted by Gasteiger charge is 2.09. The van der Waals surface area contributed by atoms with E-state index in [-0.39, 0.29) is 16.8 Å². The van der Waals surface area contributed by atoms with Crippen LogP contribution in [0.2, 0.25) is 5.15 Å². The van der Waals surface area contributed by atoms with Crippen molar-refractivity contribution in [1.29, 1.82) is 0 Å². The monoisotopic (exact) mass is 238 g/mol. The van der Waals surface area contributed by atoms with Crippen LogP contribution in [-0.4, -0.2) is 22.1 Å². The first kappa shape index (κ1) is 12.3. The minimum atomic E-state index is -1.05. The second-order valence-electron chi connectivity index (χ2n) is 3.14. The summed E-state index contributed by atoms with van der Waals surface area (Å²) in [6.45, 7) is 1.92. The van der Waals surface area contributed by atoms with Crippen LogP contribution < -0.4 is 5.32 Å². The number of halogens is 1. The number of carboxylic acids is 1. The number of pyridine rings is 1. The van der Waals surface area contributed by atoms with Gasteiger partial charge in [0.2, 0.25) is 0 Å². The Morgan fingerprint density at radius 1 is 1.75 bits per heavy atom. The van der Waals surface area contributed by atoms with Crippen LogP contribution in [-0.2, 0) is 0 Å². The molecule has 0 saturated carbocycles. The zero-order valence-corrected chi connectivity index (χ0v) is 9.45. The van der Waals surface area contributed by atoms with Crippen LogP contribution in [0.25, 0.3) is 0 Å². The average molecular weight is 239 g/mol. The molecule has 0 aliphatic carbocycles. The molecule has 1 heterocycles. The summed E-state index contributed by atoms with van der Waals surface area (Å²) in [5.74, 6) is 1.84. The number of rotatable bonds is 4. The molecule has 4 nitrogen and oxygen atoms in total. The van der Waals surface area contributed by atoms with E-state index in [4.69, 9.17) is 23.1 Å². The molecule has 84 valence electrons. The second-order valence-corrected chi connectivity index (χ2v) is 3.53. The van der Waals surface area contributed by atoms with Crippen molar-refractivity contribution in [2.45, 2.75) is 19.4 Å². The minimum absolute atomic E-state index is 0.0781. The van der Waals surface area contributed by atoms with Crippen LogP contribution >= 0.6 is 11.6 Å². The standard InChI is InChI=1S/C11H11ClN2O2/c1-3-8(4-2)13-10-6-7(11(15)16)5-9(12)14-10/h1,5-6,8H,4H2,2H3,(H,13,14)(H,15,16). The highest BCUT2D eigenvalue weighted by molar-refractivity contribution is 6.29. The van der Waals surface area contributed by atoms with E-state index in [0.717, 1.165) is 0 Å². The van der Waals surface area contributed by atoms with Crippen molar-refractivity contribution in [1.82, 2.24) is 4.98 Å². The van der Waals surface area contributed by atoms with E-state index < -0.39 is 5.97 Å². The summed E-state index contributed by atoms with van der Waals surface area (Å²) in [4.78, 5) is 14.7. The van der Waals surface area contributed by atoms with Gasteiger partial charge in [0.15, 0.2) is 0 Å². The summed E-state index contributed by atoms with van der Waals surface area (Å²) in [7, 11) is 0. The van der Waals surface area contributed by atoms with Crippen LogP contribution in [0.1, 0.15) is 23.7 Å². The molecule has 5 heteroatoms. The Hall–Kier alpha value is -1.73. The van der Waals surface area contributed by atoms with Crippen LogP contribution in [0.15, 0.2) is 12.1 Å². The molecule has 1 aromatic heterocycles. The fourth-order valence-corrected chi connectivity index (χ4v) is 1.34. The van der Waals surface area contributed by atoms with Gasteiger partial charge in [-0.05, 0) is 18.6 Å². The number of nitrogens with one attached hydrogen (secondary N) is 1. The molecule has 0 fully saturated rings. The molecular weight excluding hydrogens is 228 g/mol. The third kappa shape index (κ3) is 3.14. The van der Waals surface area contributed by atoms with E-state index >= 15 is 0 Å². The third-order valence-electron chi connectivity index (χ3n) is 1.97. The van der Waals surface area contributed by atoms with Crippen LogP contribution in [0.3, 0.4) is 0 Å². The number of nitrogens with zero attached hydrogens (tertiary/aromatic N) is 1. The molecule has 16 heavy (non-hydrogen) atoms. The van der Waals surface area contributed by atoms with E-state index in [1.54, 1.807) is 0 Å².